The summed E-state index contributed by atoms with van der Waals surface area (Å²) >= 11 is 0. The number of amides is 1. The normalized spacial score (nSPS) is 10.5. The molecule has 0 heterocycles. The third-order valence-corrected chi connectivity index (χ3v) is 2.76. The van der Waals surface area contributed by atoms with Gasteiger partial charge in [-0.2, -0.15) is 0 Å². The zero-order valence-corrected chi connectivity index (χ0v) is 11.8. The van der Waals surface area contributed by atoms with Crippen molar-refractivity contribution in [1.82, 2.24) is 4.90 Å². The highest BCUT2D eigenvalue weighted by Crippen LogP contribution is 2.26. The van der Waals surface area contributed by atoms with Gasteiger partial charge in [-0.3, -0.25) is 14.9 Å². The maximum Gasteiger partial charge on any atom is 0.292 e. The second-order valence-corrected chi connectivity index (χ2v) is 4.49. The maximum atomic E-state index is 12.3. The van der Waals surface area contributed by atoms with Gasteiger partial charge in [0.15, 0.2) is 0 Å². The molecule has 0 spiro atoms. The Hall–Kier alpha value is -2.25. The third kappa shape index (κ3) is 4.66. The largest absolute Gasteiger partial charge is 0.379 e. The van der Waals surface area contributed by atoms with Gasteiger partial charge >= 0.3 is 0 Å². The molecule has 0 radical (unpaired) electrons. The van der Waals surface area contributed by atoms with E-state index in [1.807, 2.05) is 6.92 Å². The van der Waals surface area contributed by atoms with E-state index in [9.17, 15) is 23.7 Å². The van der Waals surface area contributed by atoms with Gasteiger partial charge in [0.05, 0.1) is 11.5 Å². The Kier molecular flexibility index (Phi) is 6.01. The molecule has 6 nitrogen and oxygen atoms in total. The number of nitro benzene ring substituents is 1. The minimum absolute atomic E-state index is 0.127. The molecule has 0 aliphatic carbocycles. The molecule has 1 aromatic rings. The van der Waals surface area contributed by atoms with Gasteiger partial charge in [-0.1, -0.05) is 6.92 Å². The number of hydrogen-bond acceptors (Lipinski definition) is 4. The van der Waals surface area contributed by atoms with Crippen LogP contribution in [0.15, 0.2) is 18.2 Å². The molecule has 0 aromatic heterocycles. The van der Waals surface area contributed by atoms with Gasteiger partial charge < -0.3 is 10.2 Å². The van der Waals surface area contributed by atoms with Crippen LogP contribution in [-0.4, -0.2) is 42.3 Å². The Balaban J connectivity index is 3.03. The Morgan fingerprint density at radius 3 is 2.67 bits per heavy atom. The summed E-state index contributed by atoms with van der Waals surface area (Å²) in [4.78, 5) is 23.2. The standard InChI is InChI=1S/C13H17F2N3O3/c1-3-6-16-10-7-9(4-5-11(10)18(20)21)13(19)17(2)8-12(14)15/h4-5,7,12,16H,3,6,8H2,1-2H3. The van der Waals surface area contributed by atoms with Crippen LogP contribution in [0, 0.1) is 10.1 Å². The van der Waals surface area contributed by atoms with Crippen LogP contribution in [0.2, 0.25) is 0 Å². The van der Waals surface area contributed by atoms with E-state index in [2.05, 4.69) is 5.32 Å². The minimum Gasteiger partial charge on any atom is -0.379 e. The smallest absolute Gasteiger partial charge is 0.292 e. The summed E-state index contributed by atoms with van der Waals surface area (Å²) in [7, 11) is 1.26. The van der Waals surface area contributed by atoms with Gasteiger partial charge in [0.1, 0.15) is 5.69 Å². The van der Waals surface area contributed by atoms with Crippen molar-refractivity contribution < 1.29 is 18.5 Å². The number of alkyl halides is 2. The SMILES string of the molecule is CCCNc1cc(C(=O)N(C)CC(F)F)ccc1[N+](=O)[O-]. The van der Waals surface area contributed by atoms with Gasteiger partial charge in [0.2, 0.25) is 0 Å². The summed E-state index contributed by atoms with van der Waals surface area (Å²) in [5.41, 5.74) is 0.178. The number of nitro groups is 1. The highest BCUT2D eigenvalue weighted by Gasteiger charge is 2.20. The number of rotatable bonds is 7. The summed E-state index contributed by atoms with van der Waals surface area (Å²) in [6, 6.07) is 3.78. The number of carbonyl (C=O) groups excluding carboxylic acids is 1. The van der Waals surface area contributed by atoms with E-state index in [1.54, 1.807) is 0 Å². The molecule has 0 saturated heterocycles. The molecule has 0 aliphatic heterocycles. The first-order valence-electron chi connectivity index (χ1n) is 6.42. The average molecular weight is 301 g/mol. The number of halogens is 2. The predicted molar refractivity (Wildman–Crippen MR) is 74.8 cm³/mol. The molecule has 0 saturated carbocycles. The van der Waals surface area contributed by atoms with Crippen molar-refractivity contribution in [3.05, 3.63) is 33.9 Å². The summed E-state index contributed by atoms with van der Waals surface area (Å²) < 4.78 is 24.6. The van der Waals surface area contributed by atoms with Crippen LogP contribution in [-0.2, 0) is 0 Å². The van der Waals surface area contributed by atoms with Crippen molar-refractivity contribution in [3.63, 3.8) is 0 Å². The van der Waals surface area contributed by atoms with Crippen molar-refractivity contribution >= 4 is 17.3 Å². The molecule has 21 heavy (non-hydrogen) atoms. The first-order chi connectivity index (χ1) is 9.86. The lowest BCUT2D eigenvalue weighted by Gasteiger charge is -2.17. The minimum atomic E-state index is -2.63. The van der Waals surface area contributed by atoms with Crippen LogP contribution in [0.25, 0.3) is 0 Å². The molecule has 1 aromatic carbocycles. The number of carbonyl (C=O) groups is 1. The molecule has 8 heteroatoms. The second-order valence-electron chi connectivity index (χ2n) is 4.49. The highest BCUT2D eigenvalue weighted by molar-refractivity contribution is 5.95. The lowest BCUT2D eigenvalue weighted by molar-refractivity contribution is -0.384. The molecule has 1 amide bonds. The zero-order valence-electron chi connectivity index (χ0n) is 11.8. The van der Waals surface area contributed by atoms with E-state index in [0.29, 0.717) is 6.54 Å². The summed E-state index contributed by atoms with van der Waals surface area (Å²) in [5.74, 6) is -0.607. The fourth-order valence-electron chi connectivity index (χ4n) is 1.74. The Morgan fingerprint density at radius 1 is 1.48 bits per heavy atom. The number of benzene rings is 1. The van der Waals surface area contributed by atoms with Crippen LogP contribution in [0.5, 0.6) is 0 Å². The Bertz CT molecular complexity index is 523. The van der Waals surface area contributed by atoms with E-state index in [0.717, 1.165) is 11.3 Å². The number of nitrogens with one attached hydrogen (secondary N) is 1. The number of hydrogen-bond donors (Lipinski definition) is 1. The molecule has 0 atom stereocenters. The van der Waals surface area contributed by atoms with E-state index < -0.39 is 23.8 Å². The number of nitrogens with zero attached hydrogens (tertiary/aromatic N) is 2. The van der Waals surface area contributed by atoms with Crippen LogP contribution >= 0.6 is 0 Å². The summed E-state index contributed by atoms with van der Waals surface area (Å²) in [6.45, 7) is 1.71. The number of anilines is 1. The zero-order chi connectivity index (χ0) is 16.0. The Morgan fingerprint density at radius 2 is 2.14 bits per heavy atom. The van der Waals surface area contributed by atoms with Crippen molar-refractivity contribution in [3.8, 4) is 0 Å². The average Bonchev–Trinajstić information content (AvgIpc) is 2.42. The monoisotopic (exact) mass is 301 g/mol. The molecule has 0 fully saturated rings. The van der Waals surface area contributed by atoms with Gasteiger partial charge in [-0.25, -0.2) is 8.78 Å². The maximum absolute atomic E-state index is 12.3. The van der Waals surface area contributed by atoms with Gasteiger partial charge in [-0.15, -0.1) is 0 Å². The van der Waals surface area contributed by atoms with Crippen molar-refractivity contribution in [1.29, 1.82) is 0 Å². The molecule has 0 aliphatic rings. The van der Waals surface area contributed by atoms with E-state index in [1.165, 1.54) is 25.2 Å². The van der Waals surface area contributed by atoms with Crippen LogP contribution in [0.3, 0.4) is 0 Å². The first-order valence-corrected chi connectivity index (χ1v) is 6.42. The first kappa shape index (κ1) is 16.8. The third-order valence-electron chi connectivity index (χ3n) is 2.76. The Labute approximate surface area is 120 Å². The molecule has 0 unspecified atom stereocenters. The second kappa shape index (κ2) is 7.51. The van der Waals surface area contributed by atoms with Crippen LogP contribution < -0.4 is 5.32 Å². The molecular formula is C13H17F2N3O3. The highest BCUT2D eigenvalue weighted by atomic mass is 19.3. The molecule has 116 valence electrons. The fraction of sp³-hybridized carbons (Fsp3) is 0.462. The molecule has 0 bridgehead atoms. The fourth-order valence-corrected chi connectivity index (χ4v) is 1.74. The van der Waals surface area contributed by atoms with Crippen LogP contribution in [0.4, 0.5) is 20.2 Å². The molecule has 1 rings (SSSR count). The lowest BCUT2D eigenvalue weighted by atomic mass is 10.1. The van der Waals surface area contributed by atoms with Gasteiger partial charge in [0, 0.05) is 25.2 Å². The van der Waals surface area contributed by atoms with Crippen LogP contribution in [0.1, 0.15) is 23.7 Å². The lowest BCUT2D eigenvalue weighted by Crippen LogP contribution is -2.31. The van der Waals surface area contributed by atoms with E-state index in [-0.39, 0.29) is 16.9 Å². The summed E-state index contributed by atoms with van der Waals surface area (Å²) in [6.07, 6.45) is -1.88. The predicted octanol–water partition coefficient (Wildman–Crippen LogP) is 2.75. The van der Waals surface area contributed by atoms with Gasteiger partial charge in [0.25, 0.3) is 18.0 Å². The topological polar surface area (TPSA) is 75.5 Å². The van der Waals surface area contributed by atoms with Crippen molar-refractivity contribution in [2.24, 2.45) is 0 Å². The van der Waals surface area contributed by atoms with Crippen molar-refractivity contribution in [2.45, 2.75) is 19.8 Å². The van der Waals surface area contributed by atoms with Gasteiger partial charge in [-0.05, 0) is 18.6 Å². The molecule has 1 N–H and O–H groups in total. The molecular weight excluding hydrogens is 284 g/mol. The van der Waals surface area contributed by atoms with Crippen molar-refractivity contribution in [2.75, 3.05) is 25.5 Å². The summed E-state index contributed by atoms with van der Waals surface area (Å²) in [5, 5.41) is 13.8. The van der Waals surface area contributed by atoms with E-state index in [4.69, 9.17) is 0 Å². The van der Waals surface area contributed by atoms with E-state index >= 15 is 0 Å². The quantitative estimate of drug-likeness (QED) is 0.620.